The van der Waals surface area contributed by atoms with E-state index < -0.39 is 6.09 Å². The molecule has 2 aromatic rings. The summed E-state index contributed by atoms with van der Waals surface area (Å²) in [6, 6.07) is 8.15. The largest absolute Gasteiger partial charge is 0.448 e. The highest BCUT2D eigenvalue weighted by atomic mass is 32.1. The standard InChI is InChI=1S/C20H28N4O3S/c1-14(25)22-18-23-17(13-28-18)10-7-15-5-8-16(9-6-15)21-11-12-27-19(26)24-20(2,3)4/h5-6,8-9,13,21H,7,10-12H2,1-4H3,(H,24,26)(H,22,23,25). The highest BCUT2D eigenvalue weighted by molar-refractivity contribution is 7.13. The van der Waals surface area contributed by atoms with E-state index in [1.807, 2.05) is 38.3 Å². The van der Waals surface area contributed by atoms with Gasteiger partial charge in [-0.05, 0) is 51.3 Å². The summed E-state index contributed by atoms with van der Waals surface area (Å²) in [5.41, 5.74) is 2.86. The molecule has 2 rings (SSSR count). The average Bonchev–Trinajstić information content (AvgIpc) is 3.03. The summed E-state index contributed by atoms with van der Waals surface area (Å²) in [7, 11) is 0. The highest BCUT2D eigenvalue weighted by Gasteiger charge is 2.14. The molecule has 0 bridgehead atoms. The first-order chi connectivity index (χ1) is 13.2. The van der Waals surface area contributed by atoms with Gasteiger partial charge in [-0.1, -0.05) is 12.1 Å². The Morgan fingerprint density at radius 3 is 2.50 bits per heavy atom. The molecule has 1 heterocycles. The number of anilines is 2. The molecule has 0 radical (unpaired) electrons. The van der Waals surface area contributed by atoms with Gasteiger partial charge in [0.05, 0.1) is 5.69 Å². The number of hydrogen-bond acceptors (Lipinski definition) is 6. The fourth-order valence-electron chi connectivity index (χ4n) is 2.37. The number of rotatable bonds is 8. The fourth-order valence-corrected chi connectivity index (χ4v) is 3.16. The maximum atomic E-state index is 11.6. The van der Waals surface area contributed by atoms with Crippen LogP contribution in [0.1, 0.15) is 39.0 Å². The minimum atomic E-state index is -0.409. The molecule has 0 saturated carbocycles. The van der Waals surface area contributed by atoms with Crippen molar-refractivity contribution in [3.63, 3.8) is 0 Å². The first-order valence-corrected chi connectivity index (χ1v) is 10.1. The second-order valence-electron chi connectivity index (χ2n) is 7.46. The Morgan fingerprint density at radius 1 is 1.14 bits per heavy atom. The second-order valence-corrected chi connectivity index (χ2v) is 8.32. The van der Waals surface area contributed by atoms with Crippen molar-refractivity contribution in [2.24, 2.45) is 0 Å². The highest BCUT2D eigenvalue weighted by Crippen LogP contribution is 2.17. The van der Waals surface area contributed by atoms with Gasteiger partial charge in [0.25, 0.3) is 0 Å². The van der Waals surface area contributed by atoms with Crippen LogP contribution in [0.25, 0.3) is 0 Å². The molecule has 8 heteroatoms. The third-order valence-electron chi connectivity index (χ3n) is 3.60. The van der Waals surface area contributed by atoms with Crippen LogP contribution < -0.4 is 16.0 Å². The molecule has 0 spiro atoms. The SMILES string of the molecule is CC(=O)Nc1nc(CCc2ccc(NCCOC(=O)NC(C)(C)C)cc2)cs1. The number of aryl methyl sites for hydroxylation is 2. The predicted molar refractivity (Wildman–Crippen MR) is 113 cm³/mol. The average molecular weight is 405 g/mol. The Morgan fingerprint density at radius 2 is 1.86 bits per heavy atom. The number of ether oxygens (including phenoxy) is 1. The van der Waals surface area contributed by atoms with Crippen molar-refractivity contribution in [3.05, 3.63) is 40.9 Å². The van der Waals surface area contributed by atoms with Gasteiger partial charge in [0, 0.05) is 30.1 Å². The minimum absolute atomic E-state index is 0.107. The number of amides is 2. The number of alkyl carbamates (subject to hydrolysis) is 1. The van der Waals surface area contributed by atoms with Crippen LogP contribution >= 0.6 is 11.3 Å². The first kappa shape index (κ1) is 21.7. The molecule has 1 aromatic carbocycles. The van der Waals surface area contributed by atoms with Crippen LogP contribution in [0.3, 0.4) is 0 Å². The van der Waals surface area contributed by atoms with Gasteiger partial charge in [-0.15, -0.1) is 11.3 Å². The number of benzene rings is 1. The summed E-state index contributed by atoms with van der Waals surface area (Å²) in [4.78, 5) is 27.0. The van der Waals surface area contributed by atoms with E-state index in [4.69, 9.17) is 4.74 Å². The van der Waals surface area contributed by atoms with Crippen molar-refractivity contribution >= 4 is 34.2 Å². The van der Waals surface area contributed by atoms with Gasteiger partial charge in [0.2, 0.25) is 5.91 Å². The molecule has 7 nitrogen and oxygen atoms in total. The Hall–Kier alpha value is -2.61. The molecule has 0 fully saturated rings. The summed E-state index contributed by atoms with van der Waals surface area (Å²) in [6.07, 6.45) is 1.28. The Bertz CT molecular complexity index is 781. The van der Waals surface area contributed by atoms with E-state index >= 15 is 0 Å². The lowest BCUT2D eigenvalue weighted by Crippen LogP contribution is -2.41. The molecule has 0 aliphatic carbocycles. The molecule has 1 aromatic heterocycles. The number of carbonyl (C=O) groups is 2. The lowest BCUT2D eigenvalue weighted by Gasteiger charge is -2.20. The van der Waals surface area contributed by atoms with Crippen molar-refractivity contribution in [3.8, 4) is 0 Å². The Kier molecular flexibility index (Phi) is 7.80. The quantitative estimate of drug-likeness (QED) is 0.582. The summed E-state index contributed by atoms with van der Waals surface area (Å²) >= 11 is 1.44. The smallest absolute Gasteiger partial charge is 0.407 e. The molecule has 0 atom stereocenters. The van der Waals surface area contributed by atoms with E-state index in [1.54, 1.807) is 0 Å². The number of nitrogens with one attached hydrogen (secondary N) is 3. The molecule has 2 amide bonds. The molecule has 28 heavy (non-hydrogen) atoms. The van der Waals surface area contributed by atoms with Gasteiger partial charge in [0.1, 0.15) is 6.61 Å². The van der Waals surface area contributed by atoms with Crippen LogP contribution in [0.2, 0.25) is 0 Å². The minimum Gasteiger partial charge on any atom is -0.448 e. The van der Waals surface area contributed by atoms with Gasteiger partial charge in [-0.25, -0.2) is 9.78 Å². The van der Waals surface area contributed by atoms with E-state index in [2.05, 4.69) is 33.1 Å². The number of aromatic nitrogens is 1. The molecular formula is C20H28N4O3S. The van der Waals surface area contributed by atoms with E-state index in [0.29, 0.717) is 18.3 Å². The molecule has 0 unspecified atom stereocenters. The van der Waals surface area contributed by atoms with Crippen LogP contribution in [0.15, 0.2) is 29.6 Å². The monoisotopic (exact) mass is 404 g/mol. The van der Waals surface area contributed by atoms with Crippen LogP contribution in [0.5, 0.6) is 0 Å². The zero-order valence-corrected chi connectivity index (χ0v) is 17.6. The van der Waals surface area contributed by atoms with E-state index in [-0.39, 0.29) is 11.4 Å². The van der Waals surface area contributed by atoms with E-state index in [0.717, 1.165) is 24.2 Å². The van der Waals surface area contributed by atoms with Crippen molar-refractivity contribution < 1.29 is 14.3 Å². The van der Waals surface area contributed by atoms with Crippen molar-refractivity contribution in [1.29, 1.82) is 0 Å². The zero-order valence-electron chi connectivity index (χ0n) is 16.8. The van der Waals surface area contributed by atoms with Gasteiger partial charge in [-0.2, -0.15) is 0 Å². The molecule has 0 saturated heterocycles. The third-order valence-corrected chi connectivity index (χ3v) is 4.41. The normalized spacial score (nSPS) is 11.0. The zero-order chi connectivity index (χ0) is 20.6. The maximum absolute atomic E-state index is 11.6. The Balaban J connectivity index is 1.69. The summed E-state index contributed by atoms with van der Waals surface area (Å²) < 4.78 is 5.13. The van der Waals surface area contributed by atoms with Crippen molar-refractivity contribution in [1.82, 2.24) is 10.3 Å². The third kappa shape index (κ3) is 8.39. The number of hydrogen-bond donors (Lipinski definition) is 3. The molecule has 3 N–H and O–H groups in total. The predicted octanol–water partition coefficient (Wildman–Crippen LogP) is 3.82. The van der Waals surface area contributed by atoms with Gasteiger partial charge in [0.15, 0.2) is 5.13 Å². The topological polar surface area (TPSA) is 92.3 Å². The summed E-state index contributed by atoms with van der Waals surface area (Å²) in [5.74, 6) is -0.107. The lowest BCUT2D eigenvalue weighted by molar-refractivity contribution is -0.114. The van der Waals surface area contributed by atoms with Crippen LogP contribution in [0, 0.1) is 0 Å². The van der Waals surface area contributed by atoms with E-state index in [9.17, 15) is 9.59 Å². The van der Waals surface area contributed by atoms with Crippen molar-refractivity contribution in [2.75, 3.05) is 23.8 Å². The number of thiazole rings is 1. The second kappa shape index (κ2) is 10.1. The maximum Gasteiger partial charge on any atom is 0.407 e. The number of carbonyl (C=O) groups excluding carboxylic acids is 2. The van der Waals surface area contributed by atoms with Crippen molar-refractivity contribution in [2.45, 2.75) is 46.1 Å². The first-order valence-electron chi connectivity index (χ1n) is 9.21. The van der Waals surface area contributed by atoms with Crippen LogP contribution in [-0.4, -0.2) is 35.7 Å². The molecular weight excluding hydrogens is 376 g/mol. The lowest BCUT2D eigenvalue weighted by atomic mass is 10.1. The van der Waals surface area contributed by atoms with Gasteiger partial charge < -0.3 is 20.7 Å². The van der Waals surface area contributed by atoms with E-state index in [1.165, 1.54) is 23.8 Å². The summed E-state index contributed by atoms with van der Waals surface area (Å²) in [6.45, 7) is 8.04. The van der Waals surface area contributed by atoms with Crippen LogP contribution in [0.4, 0.5) is 15.6 Å². The Labute approximate surface area is 169 Å². The van der Waals surface area contributed by atoms with Gasteiger partial charge in [-0.3, -0.25) is 4.79 Å². The van der Waals surface area contributed by atoms with Crippen LogP contribution in [-0.2, 0) is 22.4 Å². The molecule has 152 valence electrons. The molecule has 0 aliphatic heterocycles. The molecule has 0 aliphatic rings. The summed E-state index contributed by atoms with van der Waals surface area (Å²) in [5, 5.41) is 11.3. The van der Waals surface area contributed by atoms with Gasteiger partial charge >= 0.3 is 6.09 Å². The number of nitrogens with zero attached hydrogens (tertiary/aromatic N) is 1. The fraction of sp³-hybridized carbons (Fsp3) is 0.450.